The van der Waals surface area contributed by atoms with Crippen LogP contribution in [0.4, 0.5) is 0 Å². The third-order valence-corrected chi connectivity index (χ3v) is 3.32. The quantitative estimate of drug-likeness (QED) is 0.837. The Bertz CT molecular complexity index is 540. The summed E-state index contributed by atoms with van der Waals surface area (Å²) in [7, 11) is 0. The van der Waals surface area contributed by atoms with Gasteiger partial charge < -0.3 is 5.32 Å². The standard InChI is InChI=1S/C15H20IN3/c1-15(2,3)17-8-12-5-4-6-13(7-12)10-19-11-14(16)9-18-19/h4-7,9,11,17H,8,10H2,1-3H3. The minimum absolute atomic E-state index is 0.147. The number of aromatic nitrogens is 2. The van der Waals surface area contributed by atoms with Crippen LogP contribution in [0.2, 0.25) is 0 Å². The highest BCUT2D eigenvalue weighted by atomic mass is 127. The molecule has 0 fully saturated rings. The minimum Gasteiger partial charge on any atom is -0.308 e. The van der Waals surface area contributed by atoms with E-state index in [4.69, 9.17) is 0 Å². The molecule has 1 aromatic carbocycles. The third kappa shape index (κ3) is 4.95. The molecule has 1 heterocycles. The molecule has 1 aromatic heterocycles. The van der Waals surface area contributed by atoms with E-state index in [1.54, 1.807) is 0 Å². The first kappa shape index (κ1) is 14.5. The van der Waals surface area contributed by atoms with Crippen molar-refractivity contribution in [3.63, 3.8) is 0 Å². The van der Waals surface area contributed by atoms with Crippen LogP contribution in [-0.4, -0.2) is 15.3 Å². The van der Waals surface area contributed by atoms with Gasteiger partial charge in [-0.25, -0.2) is 0 Å². The van der Waals surface area contributed by atoms with Crippen molar-refractivity contribution in [2.45, 2.75) is 39.4 Å². The lowest BCUT2D eigenvalue weighted by Crippen LogP contribution is -2.35. The van der Waals surface area contributed by atoms with Gasteiger partial charge in [-0.05, 0) is 54.5 Å². The van der Waals surface area contributed by atoms with E-state index in [0.29, 0.717) is 0 Å². The summed E-state index contributed by atoms with van der Waals surface area (Å²) in [5, 5.41) is 7.83. The molecule has 0 amide bonds. The van der Waals surface area contributed by atoms with Crippen molar-refractivity contribution in [2.24, 2.45) is 0 Å². The lowest BCUT2D eigenvalue weighted by atomic mass is 10.1. The Kier molecular flexibility index (Phi) is 4.62. The predicted molar refractivity (Wildman–Crippen MR) is 87.1 cm³/mol. The van der Waals surface area contributed by atoms with Crippen LogP contribution in [-0.2, 0) is 13.1 Å². The van der Waals surface area contributed by atoms with Gasteiger partial charge in [0.2, 0.25) is 0 Å². The van der Waals surface area contributed by atoms with Crippen molar-refractivity contribution in [2.75, 3.05) is 0 Å². The van der Waals surface area contributed by atoms with E-state index in [-0.39, 0.29) is 5.54 Å². The molecule has 2 aromatic rings. The Morgan fingerprint density at radius 2 is 2.00 bits per heavy atom. The molecule has 3 nitrogen and oxygen atoms in total. The fourth-order valence-electron chi connectivity index (χ4n) is 1.82. The van der Waals surface area contributed by atoms with Gasteiger partial charge >= 0.3 is 0 Å². The summed E-state index contributed by atoms with van der Waals surface area (Å²) < 4.78 is 3.14. The number of halogens is 1. The van der Waals surface area contributed by atoms with E-state index in [2.05, 4.69) is 84.2 Å². The van der Waals surface area contributed by atoms with E-state index in [9.17, 15) is 0 Å². The van der Waals surface area contributed by atoms with Gasteiger partial charge in [-0.15, -0.1) is 0 Å². The molecule has 0 atom stereocenters. The topological polar surface area (TPSA) is 29.9 Å². The fourth-order valence-corrected chi connectivity index (χ4v) is 2.26. The summed E-state index contributed by atoms with van der Waals surface area (Å²) in [6, 6.07) is 8.67. The Morgan fingerprint density at radius 3 is 2.63 bits per heavy atom. The number of nitrogens with one attached hydrogen (secondary N) is 1. The fraction of sp³-hybridized carbons (Fsp3) is 0.400. The van der Waals surface area contributed by atoms with Crippen molar-refractivity contribution in [3.8, 4) is 0 Å². The highest BCUT2D eigenvalue weighted by molar-refractivity contribution is 14.1. The van der Waals surface area contributed by atoms with E-state index in [1.165, 1.54) is 14.7 Å². The van der Waals surface area contributed by atoms with Crippen molar-refractivity contribution >= 4 is 22.6 Å². The smallest absolute Gasteiger partial charge is 0.0659 e. The van der Waals surface area contributed by atoms with Crippen molar-refractivity contribution in [1.29, 1.82) is 0 Å². The van der Waals surface area contributed by atoms with Crippen molar-refractivity contribution in [1.82, 2.24) is 15.1 Å². The van der Waals surface area contributed by atoms with Crippen LogP contribution in [0.1, 0.15) is 31.9 Å². The zero-order valence-corrected chi connectivity index (χ0v) is 13.8. The highest BCUT2D eigenvalue weighted by Crippen LogP contribution is 2.10. The highest BCUT2D eigenvalue weighted by Gasteiger charge is 2.08. The van der Waals surface area contributed by atoms with Crippen LogP contribution >= 0.6 is 22.6 Å². The van der Waals surface area contributed by atoms with Crippen LogP contribution in [0.3, 0.4) is 0 Å². The molecular formula is C15H20IN3. The third-order valence-electron chi connectivity index (χ3n) is 2.76. The molecule has 0 saturated carbocycles. The molecule has 4 heteroatoms. The van der Waals surface area contributed by atoms with Crippen LogP contribution in [0, 0.1) is 3.57 Å². The van der Waals surface area contributed by atoms with Crippen LogP contribution in [0.5, 0.6) is 0 Å². The molecule has 19 heavy (non-hydrogen) atoms. The van der Waals surface area contributed by atoms with E-state index in [1.807, 2.05) is 10.9 Å². The summed E-state index contributed by atoms with van der Waals surface area (Å²) in [6.07, 6.45) is 3.94. The second kappa shape index (κ2) is 6.05. The molecule has 2 rings (SSSR count). The van der Waals surface area contributed by atoms with Gasteiger partial charge in [-0.1, -0.05) is 24.3 Å². The second-order valence-corrected chi connectivity index (χ2v) is 7.03. The normalized spacial score (nSPS) is 11.8. The SMILES string of the molecule is CC(C)(C)NCc1cccc(Cn2cc(I)cn2)c1. The maximum atomic E-state index is 4.32. The Hall–Kier alpha value is -0.880. The minimum atomic E-state index is 0.147. The van der Waals surface area contributed by atoms with Gasteiger partial charge in [-0.3, -0.25) is 4.68 Å². The molecule has 102 valence electrons. The van der Waals surface area contributed by atoms with Gasteiger partial charge in [0, 0.05) is 18.3 Å². The van der Waals surface area contributed by atoms with Crippen LogP contribution in [0.15, 0.2) is 36.7 Å². The number of rotatable bonds is 4. The molecule has 0 aliphatic rings. The first-order valence-corrected chi connectivity index (χ1v) is 7.51. The summed E-state index contributed by atoms with van der Waals surface area (Å²) in [6.45, 7) is 8.27. The molecule has 0 aliphatic carbocycles. The Morgan fingerprint density at radius 1 is 1.26 bits per heavy atom. The zero-order valence-electron chi connectivity index (χ0n) is 11.7. The van der Waals surface area contributed by atoms with Gasteiger partial charge in [-0.2, -0.15) is 5.10 Å². The predicted octanol–water partition coefficient (Wildman–Crippen LogP) is 3.42. The summed E-state index contributed by atoms with van der Waals surface area (Å²) in [4.78, 5) is 0. The zero-order chi connectivity index (χ0) is 13.9. The van der Waals surface area contributed by atoms with E-state index >= 15 is 0 Å². The van der Waals surface area contributed by atoms with E-state index < -0.39 is 0 Å². The maximum absolute atomic E-state index is 4.32. The molecule has 0 saturated heterocycles. The number of hydrogen-bond acceptors (Lipinski definition) is 2. The Balaban J connectivity index is 2.02. The number of benzene rings is 1. The van der Waals surface area contributed by atoms with Gasteiger partial charge in [0.25, 0.3) is 0 Å². The first-order chi connectivity index (χ1) is 8.92. The summed E-state index contributed by atoms with van der Waals surface area (Å²) >= 11 is 2.28. The maximum Gasteiger partial charge on any atom is 0.0659 e. The number of nitrogens with zero attached hydrogens (tertiary/aromatic N) is 2. The monoisotopic (exact) mass is 369 g/mol. The first-order valence-electron chi connectivity index (χ1n) is 6.43. The van der Waals surface area contributed by atoms with Gasteiger partial charge in [0.05, 0.1) is 16.3 Å². The largest absolute Gasteiger partial charge is 0.308 e. The summed E-state index contributed by atoms with van der Waals surface area (Å²) in [5.41, 5.74) is 2.75. The second-order valence-electron chi connectivity index (χ2n) is 5.78. The lowest BCUT2D eigenvalue weighted by Gasteiger charge is -2.20. The van der Waals surface area contributed by atoms with Crippen LogP contribution < -0.4 is 5.32 Å². The molecule has 0 unspecified atom stereocenters. The van der Waals surface area contributed by atoms with Crippen LogP contribution in [0.25, 0.3) is 0 Å². The Labute approximate surface area is 128 Å². The number of hydrogen-bond donors (Lipinski definition) is 1. The molecule has 0 bridgehead atoms. The average Bonchev–Trinajstić information content (AvgIpc) is 2.72. The van der Waals surface area contributed by atoms with Gasteiger partial charge in [0.15, 0.2) is 0 Å². The lowest BCUT2D eigenvalue weighted by molar-refractivity contribution is 0.424. The van der Waals surface area contributed by atoms with Gasteiger partial charge in [0.1, 0.15) is 0 Å². The molecular weight excluding hydrogens is 349 g/mol. The molecule has 0 spiro atoms. The van der Waals surface area contributed by atoms with Crippen molar-refractivity contribution < 1.29 is 0 Å². The molecule has 1 N–H and O–H groups in total. The molecule has 0 aliphatic heterocycles. The summed E-state index contributed by atoms with van der Waals surface area (Å²) in [5.74, 6) is 0. The average molecular weight is 369 g/mol. The van der Waals surface area contributed by atoms with Crippen molar-refractivity contribution in [3.05, 3.63) is 51.4 Å². The van der Waals surface area contributed by atoms with E-state index in [0.717, 1.165) is 13.1 Å². The molecule has 0 radical (unpaired) electrons.